The van der Waals surface area contributed by atoms with E-state index in [0.717, 1.165) is 70.1 Å². The lowest BCUT2D eigenvalue weighted by atomic mass is 10.0. The van der Waals surface area contributed by atoms with Crippen molar-refractivity contribution in [2.45, 2.75) is 18.9 Å². The number of benzene rings is 1. The largest absolute Gasteiger partial charge is 0.474 e. The van der Waals surface area contributed by atoms with Crippen molar-refractivity contribution >= 4 is 21.9 Å². The Bertz CT molecular complexity index is 1420. The van der Waals surface area contributed by atoms with Crippen LogP contribution in [0.3, 0.4) is 0 Å². The predicted molar refractivity (Wildman–Crippen MR) is 129 cm³/mol. The van der Waals surface area contributed by atoms with Gasteiger partial charge in [-0.05, 0) is 49.7 Å². The molecule has 0 unspecified atom stereocenters. The Balaban J connectivity index is 1.40. The smallest absolute Gasteiger partial charge is 0.224 e. The molecular formula is C26H24N6O. The third-order valence-corrected chi connectivity index (χ3v) is 6.38. The molecule has 0 bridgehead atoms. The lowest BCUT2D eigenvalue weighted by Gasteiger charge is -2.29. The Morgan fingerprint density at radius 1 is 0.939 bits per heavy atom. The second-order valence-electron chi connectivity index (χ2n) is 8.60. The molecule has 1 fully saturated rings. The minimum Gasteiger partial charge on any atom is -0.474 e. The molecule has 4 aromatic heterocycles. The third kappa shape index (κ3) is 3.81. The van der Waals surface area contributed by atoms with Gasteiger partial charge < -0.3 is 14.6 Å². The lowest BCUT2D eigenvalue weighted by Crippen LogP contribution is -2.35. The zero-order valence-electron chi connectivity index (χ0n) is 18.4. The first-order valence-corrected chi connectivity index (χ1v) is 11.2. The molecule has 0 atom stereocenters. The number of ether oxygens (including phenoxy) is 1. The molecule has 7 heteroatoms. The molecular weight excluding hydrogens is 412 g/mol. The van der Waals surface area contributed by atoms with E-state index in [0.29, 0.717) is 5.88 Å². The van der Waals surface area contributed by atoms with Crippen molar-refractivity contribution in [3.8, 4) is 28.1 Å². The normalized spacial score (nSPS) is 15.3. The standard InChI is InChI=1S/C26H24N6O/c1-32-9-6-20(7-10-32)33-26-22-11-17(4-5-24(22)30-16-31-26)23-15-29-25-21(23)12-19(14-28-25)18-3-2-8-27-13-18/h2-5,8,11-16,20H,6-7,9-10H2,1H3,(H,28,29). The summed E-state index contributed by atoms with van der Waals surface area (Å²) >= 11 is 0. The first kappa shape index (κ1) is 19.8. The van der Waals surface area contributed by atoms with Crippen LogP contribution >= 0.6 is 0 Å². The zero-order valence-corrected chi connectivity index (χ0v) is 18.4. The van der Waals surface area contributed by atoms with E-state index in [4.69, 9.17) is 4.74 Å². The monoisotopic (exact) mass is 436 g/mol. The Hall–Kier alpha value is -3.84. The van der Waals surface area contributed by atoms with Gasteiger partial charge >= 0.3 is 0 Å². The van der Waals surface area contributed by atoms with E-state index in [9.17, 15) is 0 Å². The van der Waals surface area contributed by atoms with Crippen LogP contribution in [0.25, 0.3) is 44.2 Å². The average Bonchev–Trinajstić information content (AvgIpc) is 3.29. The van der Waals surface area contributed by atoms with Gasteiger partial charge in [-0.25, -0.2) is 15.0 Å². The summed E-state index contributed by atoms with van der Waals surface area (Å²) in [6.45, 7) is 2.08. The quantitative estimate of drug-likeness (QED) is 0.440. The van der Waals surface area contributed by atoms with Gasteiger partial charge in [0.15, 0.2) is 0 Å². The molecule has 6 rings (SSSR count). The predicted octanol–water partition coefficient (Wildman–Crippen LogP) is 4.71. The van der Waals surface area contributed by atoms with Gasteiger partial charge in [-0.2, -0.15) is 0 Å². The van der Waals surface area contributed by atoms with E-state index < -0.39 is 0 Å². The van der Waals surface area contributed by atoms with E-state index >= 15 is 0 Å². The van der Waals surface area contributed by atoms with Crippen LogP contribution in [0.5, 0.6) is 5.88 Å². The fourth-order valence-electron chi connectivity index (χ4n) is 4.49. The summed E-state index contributed by atoms with van der Waals surface area (Å²) in [5.41, 5.74) is 5.96. The van der Waals surface area contributed by atoms with Gasteiger partial charge in [-0.1, -0.05) is 12.1 Å². The highest BCUT2D eigenvalue weighted by atomic mass is 16.5. The van der Waals surface area contributed by atoms with Gasteiger partial charge in [0, 0.05) is 60.0 Å². The van der Waals surface area contributed by atoms with Gasteiger partial charge in [-0.3, -0.25) is 4.98 Å². The van der Waals surface area contributed by atoms with Gasteiger partial charge in [0.25, 0.3) is 0 Å². The van der Waals surface area contributed by atoms with Crippen molar-refractivity contribution in [2.24, 2.45) is 0 Å². The maximum absolute atomic E-state index is 6.35. The fraction of sp³-hybridized carbons (Fsp3) is 0.231. The van der Waals surface area contributed by atoms with Crippen molar-refractivity contribution in [2.75, 3.05) is 20.1 Å². The molecule has 1 aliphatic heterocycles. The number of likely N-dealkylation sites (tertiary alicyclic amines) is 1. The molecule has 0 radical (unpaired) electrons. The maximum Gasteiger partial charge on any atom is 0.224 e. The summed E-state index contributed by atoms with van der Waals surface area (Å²) in [7, 11) is 2.15. The lowest BCUT2D eigenvalue weighted by molar-refractivity contribution is 0.111. The van der Waals surface area contributed by atoms with Crippen molar-refractivity contribution < 1.29 is 4.74 Å². The van der Waals surface area contributed by atoms with Crippen LogP contribution in [0.15, 0.2) is 67.5 Å². The number of piperidine rings is 1. The molecule has 1 aliphatic rings. The van der Waals surface area contributed by atoms with Crippen molar-refractivity contribution in [3.05, 3.63) is 67.5 Å². The second kappa shape index (κ2) is 8.26. The topological polar surface area (TPSA) is 79.8 Å². The van der Waals surface area contributed by atoms with Crippen LogP contribution in [-0.2, 0) is 0 Å². The number of H-pyrrole nitrogens is 1. The number of nitrogens with one attached hydrogen (secondary N) is 1. The number of aromatic amines is 1. The van der Waals surface area contributed by atoms with Crippen LogP contribution in [0.4, 0.5) is 0 Å². The molecule has 0 spiro atoms. The summed E-state index contributed by atoms with van der Waals surface area (Å²) in [6.07, 6.45) is 11.3. The summed E-state index contributed by atoms with van der Waals surface area (Å²) in [4.78, 5) is 23.5. The zero-order chi connectivity index (χ0) is 22.2. The Morgan fingerprint density at radius 3 is 2.67 bits per heavy atom. The van der Waals surface area contributed by atoms with Crippen LogP contribution < -0.4 is 4.74 Å². The number of hydrogen-bond donors (Lipinski definition) is 1. The van der Waals surface area contributed by atoms with Gasteiger partial charge in [0.1, 0.15) is 18.1 Å². The SMILES string of the molecule is CN1CCC(Oc2ncnc3ccc(-c4c[nH]c5ncc(-c6cccnc6)cc45)cc23)CC1. The first-order valence-electron chi connectivity index (χ1n) is 11.2. The number of nitrogens with zero attached hydrogens (tertiary/aromatic N) is 5. The van der Waals surface area contributed by atoms with E-state index in [1.807, 2.05) is 36.8 Å². The number of rotatable bonds is 4. The average molecular weight is 437 g/mol. The summed E-state index contributed by atoms with van der Waals surface area (Å²) < 4.78 is 6.35. The number of fused-ring (bicyclic) bond motifs is 2. The van der Waals surface area contributed by atoms with Crippen LogP contribution in [0.2, 0.25) is 0 Å². The van der Waals surface area contributed by atoms with Gasteiger partial charge in [-0.15, -0.1) is 0 Å². The minimum atomic E-state index is 0.183. The molecule has 0 aliphatic carbocycles. The van der Waals surface area contributed by atoms with Crippen molar-refractivity contribution in [1.82, 2.24) is 29.8 Å². The van der Waals surface area contributed by atoms with E-state index in [1.54, 1.807) is 12.5 Å². The van der Waals surface area contributed by atoms with Crippen molar-refractivity contribution in [1.29, 1.82) is 0 Å². The molecule has 1 N–H and O–H groups in total. The van der Waals surface area contributed by atoms with Gasteiger partial charge in [0.2, 0.25) is 5.88 Å². The molecule has 5 aromatic rings. The highest BCUT2D eigenvalue weighted by Crippen LogP contribution is 2.34. The van der Waals surface area contributed by atoms with Gasteiger partial charge in [0.05, 0.1) is 10.9 Å². The molecule has 33 heavy (non-hydrogen) atoms. The number of hydrogen-bond acceptors (Lipinski definition) is 6. The van der Waals surface area contributed by atoms with E-state index in [1.165, 1.54) is 0 Å². The molecule has 1 saturated heterocycles. The molecule has 7 nitrogen and oxygen atoms in total. The maximum atomic E-state index is 6.35. The molecule has 5 heterocycles. The molecule has 1 aromatic carbocycles. The highest BCUT2D eigenvalue weighted by molar-refractivity contribution is 5.98. The second-order valence-corrected chi connectivity index (χ2v) is 8.60. The van der Waals surface area contributed by atoms with E-state index in [-0.39, 0.29) is 6.10 Å². The fourth-order valence-corrected chi connectivity index (χ4v) is 4.49. The summed E-state index contributed by atoms with van der Waals surface area (Å²) in [5.74, 6) is 0.658. The highest BCUT2D eigenvalue weighted by Gasteiger charge is 2.20. The van der Waals surface area contributed by atoms with Crippen molar-refractivity contribution in [3.63, 3.8) is 0 Å². The van der Waals surface area contributed by atoms with Crippen LogP contribution in [-0.4, -0.2) is 56.1 Å². The summed E-state index contributed by atoms with van der Waals surface area (Å²) in [6, 6.07) is 12.4. The van der Waals surface area contributed by atoms with Crippen LogP contribution in [0, 0.1) is 0 Å². The molecule has 164 valence electrons. The summed E-state index contributed by atoms with van der Waals surface area (Å²) in [5, 5.41) is 1.99. The molecule has 0 amide bonds. The van der Waals surface area contributed by atoms with Crippen LogP contribution in [0.1, 0.15) is 12.8 Å². The van der Waals surface area contributed by atoms with E-state index in [2.05, 4.69) is 55.1 Å². The number of pyridine rings is 2. The Labute approximate surface area is 191 Å². The minimum absolute atomic E-state index is 0.183. The first-order chi connectivity index (χ1) is 16.2. The Kier molecular flexibility index (Phi) is 4.96. The Morgan fingerprint density at radius 2 is 1.82 bits per heavy atom. The number of aromatic nitrogens is 5. The molecule has 0 saturated carbocycles. The third-order valence-electron chi connectivity index (χ3n) is 6.38.